The topological polar surface area (TPSA) is 59.8 Å². The molecule has 2 fully saturated rings. The second-order valence-electron chi connectivity index (χ2n) is 6.13. The summed E-state index contributed by atoms with van der Waals surface area (Å²) in [5, 5.41) is 12.5. The number of fused-ring (bicyclic) bond motifs is 2. The van der Waals surface area contributed by atoms with Gasteiger partial charge in [0, 0.05) is 19.0 Å². The van der Waals surface area contributed by atoms with E-state index in [1.165, 1.54) is 37.4 Å². The highest BCUT2D eigenvalue weighted by molar-refractivity contribution is 7.99. The lowest BCUT2D eigenvalue weighted by Gasteiger charge is -2.22. The molecule has 1 aromatic rings. The SMILES string of the molecule is CCc1nnc(SCC(=O)N[C@@H]2C[C@H]3CC[C@@H]2C3)n1CC. The van der Waals surface area contributed by atoms with Crippen molar-refractivity contribution in [3.63, 3.8) is 0 Å². The number of carbonyl (C=O) groups excluding carboxylic acids is 1. The molecule has 2 saturated carbocycles. The molecule has 5 nitrogen and oxygen atoms in total. The molecular formula is C15H24N4OS. The van der Waals surface area contributed by atoms with Crippen molar-refractivity contribution < 1.29 is 4.79 Å². The van der Waals surface area contributed by atoms with Crippen molar-refractivity contribution >= 4 is 17.7 Å². The van der Waals surface area contributed by atoms with Crippen LogP contribution in [0.1, 0.15) is 45.4 Å². The first kappa shape index (κ1) is 14.9. The lowest BCUT2D eigenvalue weighted by molar-refractivity contribution is -0.119. The number of rotatable bonds is 6. The summed E-state index contributed by atoms with van der Waals surface area (Å²) >= 11 is 1.50. The number of thioether (sulfide) groups is 1. The number of hydrogen-bond acceptors (Lipinski definition) is 4. The molecule has 2 bridgehead atoms. The summed E-state index contributed by atoms with van der Waals surface area (Å²) in [6.07, 6.45) is 6.05. The molecule has 6 heteroatoms. The van der Waals surface area contributed by atoms with Gasteiger partial charge in [0.1, 0.15) is 5.82 Å². The van der Waals surface area contributed by atoms with Crippen LogP contribution in [0.5, 0.6) is 0 Å². The Kier molecular flexibility index (Phi) is 4.52. The van der Waals surface area contributed by atoms with Crippen molar-refractivity contribution in [2.24, 2.45) is 11.8 Å². The third-order valence-corrected chi connectivity index (χ3v) is 5.81. The Balaban J connectivity index is 1.51. The molecule has 0 saturated heterocycles. The van der Waals surface area contributed by atoms with Crippen molar-refractivity contribution in [1.82, 2.24) is 20.1 Å². The molecule has 0 radical (unpaired) electrons. The van der Waals surface area contributed by atoms with Gasteiger partial charge < -0.3 is 9.88 Å². The van der Waals surface area contributed by atoms with Crippen LogP contribution in [0, 0.1) is 11.8 Å². The molecule has 1 N–H and O–H groups in total. The molecule has 1 heterocycles. The van der Waals surface area contributed by atoms with Crippen molar-refractivity contribution in [1.29, 1.82) is 0 Å². The van der Waals surface area contributed by atoms with Gasteiger partial charge in [-0.3, -0.25) is 4.79 Å². The Hall–Kier alpha value is -1.04. The summed E-state index contributed by atoms with van der Waals surface area (Å²) in [6.45, 7) is 5.01. The zero-order valence-corrected chi connectivity index (χ0v) is 13.7. The number of hydrogen-bond donors (Lipinski definition) is 1. The highest BCUT2D eigenvalue weighted by Crippen LogP contribution is 2.44. The highest BCUT2D eigenvalue weighted by Gasteiger charge is 2.39. The molecule has 3 atom stereocenters. The minimum absolute atomic E-state index is 0.140. The summed E-state index contributed by atoms with van der Waals surface area (Å²) in [4.78, 5) is 12.1. The number of amides is 1. The fourth-order valence-corrected chi connectivity index (χ4v) is 4.64. The Labute approximate surface area is 130 Å². The van der Waals surface area contributed by atoms with Gasteiger partial charge in [0.2, 0.25) is 5.91 Å². The van der Waals surface area contributed by atoms with Crippen LogP contribution in [0.25, 0.3) is 0 Å². The van der Waals surface area contributed by atoms with E-state index < -0.39 is 0 Å². The number of carbonyl (C=O) groups is 1. The maximum absolute atomic E-state index is 12.1. The number of aromatic nitrogens is 3. The average molecular weight is 308 g/mol. The third kappa shape index (κ3) is 3.10. The number of nitrogens with one attached hydrogen (secondary N) is 1. The first-order valence-corrected chi connectivity index (χ1v) is 9.04. The van der Waals surface area contributed by atoms with Gasteiger partial charge in [-0.15, -0.1) is 10.2 Å². The highest BCUT2D eigenvalue weighted by atomic mass is 32.2. The zero-order valence-electron chi connectivity index (χ0n) is 12.8. The molecule has 0 unspecified atom stereocenters. The summed E-state index contributed by atoms with van der Waals surface area (Å²) in [6, 6.07) is 0.423. The number of nitrogens with zero attached hydrogens (tertiary/aromatic N) is 3. The van der Waals surface area contributed by atoms with E-state index in [1.54, 1.807) is 0 Å². The van der Waals surface area contributed by atoms with Gasteiger partial charge in [-0.1, -0.05) is 25.1 Å². The molecule has 0 aliphatic heterocycles. The predicted molar refractivity (Wildman–Crippen MR) is 83.2 cm³/mol. The van der Waals surface area contributed by atoms with Gasteiger partial charge >= 0.3 is 0 Å². The third-order valence-electron chi connectivity index (χ3n) is 4.84. The second-order valence-corrected chi connectivity index (χ2v) is 7.08. The normalized spacial score (nSPS) is 27.2. The molecule has 1 aromatic heterocycles. The van der Waals surface area contributed by atoms with Crippen LogP contribution in [0.4, 0.5) is 0 Å². The summed E-state index contributed by atoms with van der Waals surface area (Å²) in [5.74, 6) is 3.17. The largest absolute Gasteiger partial charge is 0.352 e. The van der Waals surface area contributed by atoms with E-state index in [0.717, 1.165) is 35.8 Å². The molecule has 0 aromatic carbocycles. The summed E-state index contributed by atoms with van der Waals surface area (Å²) < 4.78 is 2.09. The Bertz CT molecular complexity index is 516. The standard InChI is InChI=1S/C15H24N4OS/c1-3-13-17-18-15(19(13)4-2)21-9-14(20)16-12-8-10-5-6-11(12)7-10/h10-12H,3-9H2,1-2H3,(H,16,20)/t10-,11+,12+/m0/s1. The van der Waals surface area contributed by atoms with Gasteiger partial charge in [0.05, 0.1) is 5.75 Å². The van der Waals surface area contributed by atoms with Crippen LogP contribution in [-0.2, 0) is 17.8 Å². The maximum atomic E-state index is 12.1. The quantitative estimate of drug-likeness (QED) is 0.819. The summed E-state index contributed by atoms with van der Waals surface area (Å²) in [7, 11) is 0. The van der Waals surface area contributed by atoms with E-state index in [1.807, 2.05) is 0 Å². The zero-order chi connectivity index (χ0) is 14.8. The van der Waals surface area contributed by atoms with Crippen molar-refractivity contribution in [3.8, 4) is 0 Å². The van der Waals surface area contributed by atoms with Crippen LogP contribution in [0.3, 0.4) is 0 Å². The van der Waals surface area contributed by atoms with Gasteiger partial charge in [0.15, 0.2) is 5.16 Å². The smallest absolute Gasteiger partial charge is 0.230 e. The summed E-state index contributed by atoms with van der Waals surface area (Å²) in [5.41, 5.74) is 0. The van der Waals surface area contributed by atoms with Crippen LogP contribution in [-0.4, -0.2) is 32.5 Å². The molecular weight excluding hydrogens is 284 g/mol. The van der Waals surface area contributed by atoms with Crippen LogP contribution in [0.2, 0.25) is 0 Å². The molecule has 116 valence electrons. The number of aryl methyl sites for hydroxylation is 1. The molecule has 1 amide bonds. The molecule has 2 aliphatic carbocycles. The first-order valence-electron chi connectivity index (χ1n) is 8.05. The predicted octanol–water partition coefficient (Wildman–Crippen LogP) is 2.26. The van der Waals surface area contributed by atoms with E-state index in [2.05, 4.69) is 33.9 Å². The van der Waals surface area contributed by atoms with Gasteiger partial charge in [-0.2, -0.15) is 0 Å². The van der Waals surface area contributed by atoms with Crippen LogP contribution in [0.15, 0.2) is 5.16 Å². The molecule has 21 heavy (non-hydrogen) atoms. The van der Waals surface area contributed by atoms with Gasteiger partial charge in [0.25, 0.3) is 0 Å². The lowest BCUT2D eigenvalue weighted by Crippen LogP contribution is -2.39. The lowest BCUT2D eigenvalue weighted by atomic mass is 9.95. The molecule has 3 rings (SSSR count). The van der Waals surface area contributed by atoms with E-state index in [4.69, 9.17) is 0 Å². The average Bonchev–Trinajstić information content (AvgIpc) is 3.19. The fourth-order valence-electron chi connectivity index (χ4n) is 3.81. The monoisotopic (exact) mass is 308 g/mol. The Morgan fingerprint density at radius 2 is 2.19 bits per heavy atom. The van der Waals surface area contributed by atoms with Crippen molar-refractivity contribution in [3.05, 3.63) is 5.82 Å². The van der Waals surface area contributed by atoms with Gasteiger partial charge in [-0.25, -0.2) is 0 Å². The molecule has 2 aliphatic rings. The first-order chi connectivity index (χ1) is 10.2. The minimum Gasteiger partial charge on any atom is -0.352 e. The van der Waals surface area contributed by atoms with E-state index in [0.29, 0.717) is 11.8 Å². The van der Waals surface area contributed by atoms with Crippen LogP contribution >= 0.6 is 11.8 Å². The van der Waals surface area contributed by atoms with Crippen LogP contribution < -0.4 is 5.32 Å². The van der Waals surface area contributed by atoms with E-state index >= 15 is 0 Å². The minimum atomic E-state index is 0.140. The van der Waals surface area contributed by atoms with Crippen molar-refractivity contribution in [2.45, 2.75) is 63.7 Å². The van der Waals surface area contributed by atoms with Crippen molar-refractivity contribution in [2.75, 3.05) is 5.75 Å². The van der Waals surface area contributed by atoms with Gasteiger partial charge in [-0.05, 0) is 38.0 Å². The Morgan fingerprint density at radius 3 is 2.81 bits per heavy atom. The Morgan fingerprint density at radius 1 is 1.33 bits per heavy atom. The molecule has 0 spiro atoms. The maximum Gasteiger partial charge on any atom is 0.230 e. The second kappa shape index (κ2) is 6.38. The fraction of sp³-hybridized carbons (Fsp3) is 0.800. The van der Waals surface area contributed by atoms with E-state index in [9.17, 15) is 4.79 Å². The van der Waals surface area contributed by atoms with E-state index in [-0.39, 0.29) is 5.91 Å².